The second-order valence-electron chi connectivity index (χ2n) is 5.22. The molecule has 0 heterocycles. The average Bonchev–Trinajstić information content (AvgIpc) is 2.59. The van der Waals surface area contributed by atoms with Crippen LogP contribution in [0.1, 0.15) is 15.9 Å². The molecular weight excluding hydrogens is 352 g/mol. The normalized spacial score (nSPS) is 11.4. The summed E-state index contributed by atoms with van der Waals surface area (Å²) in [5.41, 5.74) is 0.555. The first-order valence-corrected chi connectivity index (χ1v) is 7.43. The predicted molar refractivity (Wildman–Crippen MR) is 88.9 cm³/mol. The summed E-state index contributed by atoms with van der Waals surface area (Å²) < 4.78 is 49.5. The highest BCUT2D eigenvalue weighted by atomic mass is 19.4. The van der Waals surface area contributed by atoms with E-state index in [1.165, 1.54) is 54.6 Å². The van der Waals surface area contributed by atoms with E-state index in [1.807, 2.05) is 0 Å². The van der Waals surface area contributed by atoms with Gasteiger partial charge in [-0.1, -0.05) is 24.3 Å². The minimum absolute atomic E-state index is 0.0703. The van der Waals surface area contributed by atoms with Crippen LogP contribution >= 0.6 is 0 Å². The molecule has 0 aliphatic carbocycles. The number of hydrogen-bond donors (Lipinski definition) is 2. The Labute approximate surface area is 146 Å². The van der Waals surface area contributed by atoms with Crippen LogP contribution in [0.25, 0.3) is 6.08 Å². The Kier molecular flexibility index (Phi) is 6.11. The average molecular weight is 366 g/mol. The number of benzene rings is 2. The summed E-state index contributed by atoms with van der Waals surface area (Å²) in [5.74, 6) is -1.96. The zero-order valence-electron chi connectivity index (χ0n) is 13.3. The van der Waals surface area contributed by atoms with E-state index in [9.17, 15) is 27.2 Å². The Morgan fingerprint density at radius 2 is 1.65 bits per heavy atom. The molecule has 0 bridgehead atoms. The second-order valence-corrected chi connectivity index (χ2v) is 5.22. The van der Waals surface area contributed by atoms with E-state index in [4.69, 9.17) is 0 Å². The Morgan fingerprint density at radius 3 is 2.31 bits per heavy atom. The van der Waals surface area contributed by atoms with E-state index in [0.29, 0.717) is 5.56 Å². The number of nitrogens with one attached hydrogen (secondary N) is 2. The van der Waals surface area contributed by atoms with Crippen molar-refractivity contribution in [2.24, 2.45) is 0 Å². The number of carbonyl (C=O) groups excluding carboxylic acids is 2. The lowest BCUT2D eigenvalue weighted by atomic mass is 10.1. The molecule has 2 amide bonds. The Morgan fingerprint density at radius 1 is 1.00 bits per heavy atom. The van der Waals surface area contributed by atoms with E-state index in [2.05, 4.69) is 5.32 Å². The van der Waals surface area contributed by atoms with Crippen LogP contribution in [0.4, 0.5) is 23.2 Å². The lowest BCUT2D eigenvalue weighted by Gasteiger charge is -2.11. The topological polar surface area (TPSA) is 58.2 Å². The van der Waals surface area contributed by atoms with Crippen molar-refractivity contribution in [1.29, 1.82) is 0 Å². The largest absolute Gasteiger partial charge is 0.405 e. The first-order chi connectivity index (χ1) is 12.2. The van der Waals surface area contributed by atoms with E-state index in [1.54, 1.807) is 5.32 Å². The highest BCUT2D eigenvalue weighted by molar-refractivity contribution is 6.07. The van der Waals surface area contributed by atoms with Gasteiger partial charge >= 0.3 is 6.18 Å². The van der Waals surface area contributed by atoms with Gasteiger partial charge in [0, 0.05) is 6.08 Å². The lowest BCUT2D eigenvalue weighted by Crippen LogP contribution is -2.34. The lowest BCUT2D eigenvalue weighted by molar-refractivity contribution is -0.123. The summed E-state index contributed by atoms with van der Waals surface area (Å²) in [7, 11) is 0. The number of anilines is 1. The van der Waals surface area contributed by atoms with Gasteiger partial charge in [0.05, 0.1) is 11.3 Å². The fourth-order valence-electron chi connectivity index (χ4n) is 1.99. The maximum atomic E-state index is 12.8. The van der Waals surface area contributed by atoms with Crippen LogP contribution < -0.4 is 10.6 Å². The second kappa shape index (κ2) is 8.28. The summed E-state index contributed by atoms with van der Waals surface area (Å²) in [6.07, 6.45) is -1.94. The number of para-hydroxylation sites is 1. The molecule has 0 atom stereocenters. The Balaban J connectivity index is 2.06. The third-order valence-corrected chi connectivity index (χ3v) is 3.18. The number of rotatable bonds is 5. The molecule has 0 saturated carbocycles. The van der Waals surface area contributed by atoms with Crippen molar-refractivity contribution in [3.8, 4) is 0 Å². The van der Waals surface area contributed by atoms with E-state index < -0.39 is 30.4 Å². The number of carbonyl (C=O) groups is 2. The van der Waals surface area contributed by atoms with Crippen LogP contribution in [0.5, 0.6) is 0 Å². The summed E-state index contributed by atoms with van der Waals surface area (Å²) >= 11 is 0. The Bertz CT molecular complexity index is 815. The SMILES string of the molecule is O=C(/C=C/c1ccc(F)cc1)Nc1ccccc1C(=O)NCC(F)(F)F. The monoisotopic (exact) mass is 366 g/mol. The van der Waals surface area contributed by atoms with Crippen molar-refractivity contribution in [3.05, 3.63) is 71.6 Å². The molecular formula is C18H14F4N2O2. The predicted octanol–water partition coefficient (Wildman–Crippen LogP) is 3.77. The highest BCUT2D eigenvalue weighted by Gasteiger charge is 2.28. The van der Waals surface area contributed by atoms with Gasteiger partial charge in [-0.2, -0.15) is 13.2 Å². The molecule has 0 aliphatic rings. The number of amides is 2. The van der Waals surface area contributed by atoms with Crippen LogP contribution in [-0.4, -0.2) is 24.5 Å². The van der Waals surface area contributed by atoms with Gasteiger partial charge in [0.15, 0.2) is 0 Å². The molecule has 26 heavy (non-hydrogen) atoms. The number of alkyl halides is 3. The quantitative estimate of drug-likeness (QED) is 0.625. The first-order valence-electron chi connectivity index (χ1n) is 7.43. The fraction of sp³-hybridized carbons (Fsp3) is 0.111. The number of hydrogen-bond acceptors (Lipinski definition) is 2. The van der Waals surface area contributed by atoms with Gasteiger partial charge in [-0.05, 0) is 35.9 Å². The molecule has 2 aromatic rings. The minimum atomic E-state index is -4.54. The molecule has 0 aromatic heterocycles. The standard InChI is InChI=1S/C18H14F4N2O2/c19-13-8-5-12(6-9-13)7-10-16(25)24-15-4-2-1-3-14(15)17(26)23-11-18(20,21)22/h1-10H,11H2,(H,23,26)(H,24,25)/b10-7+. The van der Waals surface area contributed by atoms with Crippen LogP contribution in [0, 0.1) is 5.82 Å². The van der Waals surface area contributed by atoms with Crippen LogP contribution in [-0.2, 0) is 4.79 Å². The van der Waals surface area contributed by atoms with Crippen molar-refractivity contribution >= 4 is 23.6 Å². The minimum Gasteiger partial charge on any atom is -0.343 e. The molecule has 0 unspecified atom stereocenters. The Hall–Kier alpha value is -3.16. The van der Waals surface area contributed by atoms with Gasteiger partial charge in [-0.3, -0.25) is 9.59 Å². The highest BCUT2D eigenvalue weighted by Crippen LogP contribution is 2.17. The van der Waals surface area contributed by atoms with Gasteiger partial charge in [-0.15, -0.1) is 0 Å². The molecule has 0 spiro atoms. The first kappa shape index (κ1) is 19.2. The van der Waals surface area contributed by atoms with Gasteiger partial charge in [0.1, 0.15) is 12.4 Å². The molecule has 0 fully saturated rings. The molecule has 2 aromatic carbocycles. The molecule has 2 rings (SSSR count). The number of halogens is 4. The van der Waals surface area contributed by atoms with Gasteiger partial charge in [0.25, 0.3) is 5.91 Å². The smallest absolute Gasteiger partial charge is 0.343 e. The van der Waals surface area contributed by atoms with Gasteiger partial charge in [-0.25, -0.2) is 4.39 Å². The van der Waals surface area contributed by atoms with E-state index in [0.717, 1.165) is 6.08 Å². The molecule has 8 heteroatoms. The van der Waals surface area contributed by atoms with Crippen molar-refractivity contribution in [2.75, 3.05) is 11.9 Å². The maximum absolute atomic E-state index is 12.8. The van der Waals surface area contributed by atoms with E-state index in [-0.39, 0.29) is 11.3 Å². The van der Waals surface area contributed by atoms with Crippen molar-refractivity contribution < 1.29 is 27.2 Å². The summed E-state index contributed by atoms with van der Waals surface area (Å²) in [4.78, 5) is 23.8. The fourth-order valence-corrected chi connectivity index (χ4v) is 1.99. The molecule has 0 aliphatic heterocycles. The maximum Gasteiger partial charge on any atom is 0.405 e. The zero-order valence-corrected chi connectivity index (χ0v) is 13.3. The van der Waals surface area contributed by atoms with Crippen molar-refractivity contribution in [2.45, 2.75) is 6.18 Å². The van der Waals surface area contributed by atoms with E-state index >= 15 is 0 Å². The molecule has 0 saturated heterocycles. The summed E-state index contributed by atoms with van der Waals surface area (Å²) in [6, 6.07) is 11.1. The molecule has 136 valence electrons. The summed E-state index contributed by atoms with van der Waals surface area (Å²) in [5, 5.41) is 4.18. The van der Waals surface area contributed by atoms with Gasteiger partial charge in [0.2, 0.25) is 5.91 Å². The summed E-state index contributed by atoms with van der Waals surface area (Å²) in [6.45, 7) is -1.47. The third kappa shape index (κ3) is 6.04. The van der Waals surface area contributed by atoms with Crippen LogP contribution in [0.15, 0.2) is 54.6 Å². The van der Waals surface area contributed by atoms with Crippen molar-refractivity contribution in [1.82, 2.24) is 5.32 Å². The third-order valence-electron chi connectivity index (χ3n) is 3.18. The molecule has 4 nitrogen and oxygen atoms in total. The molecule has 2 N–H and O–H groups in total. The van der Waals surface area contributed by atoms with Crippen LogP contribution in [0.2, 0.25) is 0 Å². The van der Waals surface area contributed by atoms with Crippen LogP contribution in [0.3, 0.4) is 0 Å². The zero-order chi connectivity index (χ0) is 19.2. The van der Waals surface area contributed by atoms with Crippen molar-refractivity contribution in [3.63, 3.8) is 0 Å². The molecule has 0 radical (unpaired) electrons. The van der Waals surface area contributed by atoms with Gasteiger partial charge < -0.3 is 10.6 Å².